The highest BCUT2D eigenvalue weighted by Crippen LogP contribution is 2.60. The van der Waals surface area contributed by atoms with Crippen LogP contribution in [0.3, 0.4) is 0 Å². The van der Waals surface area contributed by atoms with E-state index in [1.54, 1.807) is 0 Å². The van der Waals surface area contributed by atoms with Crippen molar-refractivity contribution in [2.75, 3.05) is 0 Å². The van der Waals surface area contributed by atoms with Crippen LogP contribution in [0.4, 0.5) is 0 Å². The summed E-state index contributed by atoms with van der Waals surface area (Å²) in [7, 11) is 0. The van der Waals surface area contributed by atoms with Gasteiger partial charge in [0.2, 0.25) is 6.41 Å². The second-order valence-corrected chi connectivity index (χ2v) is 8.91. The second-order valence-electron chi connectivity index (χ2n) is 8.91. The number of carbonyl (C=O) groups is 1. The SMILES string of the molecule is C=C1CC[C@@H]2[C@@H]3[C@@H](CC[C@@]2(C)NC=O)[C@H](C)C[C@@H](C=C(C)C)[C@@H]13. The first-order chi connectivity index (χ1) is 10.9. The Balaban J connectivity index is 1.99. The van der Waals surface area contributed by atoms with E-state index in [4.69, 9.17) is 0 Å². The molecule has 2 nitrogen and oxygen atoms in total. The van der Waals surface area contributed by atoms with Gasteiger partial charge < -0.3 is 5.32 Å². The number of nitrogens with one attached hydrogen (secondary N) is 1. The Bertz CT molecular complexity index is 518. The molecule has 0 bridgehead atoms. The van der Waals surface area contributed by atoms with Gasteiger partial charge in [-0.1, -0.05) is 30.7 Å². The van der Waals surface area contributed by atoms with E-state index >= 15 is 0 Å². The maximum atomic E-state index is 11.2. The summed E-state index contributed by atoms with van der Waals surface area (Å²) in [6.45, 7) is 13.7. The topological polar surface area (TPSA) is 29.1 Å². The van der Waals surface area contributed by atoms with Crippen LogP contribution in [-0.2, 0) is 4.79 Å². The van der Waals surface area contributed by atoms with E-state index in [1.807, 2.05) is 0 Å². The Morgan fingerprint density at radius 2 is 2.09 bits per heavy atom. The van der Waals surface area contributed by atoms with Crippen molar-refractivity contribution >= 4 is 6.41 Å². The molecule has 3 rings (SSSR count). The van der Waals surface area contributed by atoms with Crippen LogP contribution in [0.25, 0.3) is 0 Å². The van der Waals surface area contributed by atoms with Gasteiger partial charge in [0, 0.05) is 5.54 Å². The smallest absolute Gasteiger partial charge is 0.207 e. The van der Waals surface area contributed by atoms with E-state index < -0.39 is 0 Å². The summed E-state index contributed by atoms with van der Waals surface area (Å²) in [6, 6.07) is 0. The summed E-state index contributed by atoms with van der Waals surface area (Å²) in [5.41, 5.74) is 2.88. The van der Waals surface area contributed by atoms with Gasteiger partial charge >= 0.3 is 0 Å². The standard InChI is InChI=1S/C21H33NO/c1-13(2)10-16-11-15(4)17-8-9-21(5,22-12-23)18-7-6-14(3)19(16)20(17)18/h10,12,15-20H,3,6-9,11H2,1-2,4-5H3,(H,22,23)/t15-,16-,17+,18-,19-,20+,21-/m1/s1. The lowest BCUT2D eigenvalue weighted by atomic mass is 9.46. The summed E-state index contributed by atoms with van der Waals surface area (Å²) < 4.78 is 0. The van der Waals surface area contributed by atoms with Gasteiger partial charge in [-0.05, 0) is 88.4 Å². The van der Waals surface area contributed by atoms with E-state index in [1.165, 1.54) is 30.4 Å². The highest BCUT2D eigenvalue weighted by Gasteiger charge is 2.55. The first kappa shape index (κ1) is 16.8. The second kappa shape index (κ2) is 6.11. The molecule has 0 heterocycles. The van der Waals surface area contributed by atoms with Gasteiger partial charge in [-0.2, -0.15) is 0 Å². The molecular weight excluding hydrogens is 282 g/mol. The van der Waals surface area contributed by atoms with Crippen LogP contribution in [0.2, 0.25) is 0 Å². The minimum absolute atomic E-state index is 0.0194. The fourth-order valence-corrected chi connectivity index (χ4v) is 6.29. The van der Waals surface area contributed by atoms with Crippen molar-refractivity contribution in [2.24, 2.45) is 35.5 Å². The highest BCUT2D eigenvalue weighted by atomic mass is 16.1. The van der Waals surface area contributed by atoms with Gasteiger partial charge in [-0.3, -0.25) is 4.79 Å². The molecule has 0 aromatic carbocycles. The molecule has 3 saturated carbocycles. The molecule has 0 aromatic rings. The molecule has 0 aromatic heterocycles. The number of amides is 1. The van der Waals surface area contributed by atoms with Gasteiger partial charge in [0.15, 0.2) is 0 Å². The summed E-state index contributed by atoms with van der Waals surface area (Å²) in [6.07, 6.45) is 9.46. The summed E-state index contributed by atoms with van der Waals surface area (Å²) in [4.78, 5) is 11.2. The van der Waals surface area contributed by atoms with Crippen LogP contribution < -0.4 is 5.32 Å². The van der Waals surface area contributed by atoms with Crippen molar-refractivity contribution in [1.82, 2.24) is 5.32 Å². The number of allylic oxidation sites excluding steroid dienone is 3. The van der Waals surface area contributed by atoms with Crippen molar-refractivity contribution in [3.63, 3.8) is 0 Å². The maximum absolute atomic E-state index is 11.2. The van der Waals surface area contributed by atoms with E-state index in [0.717, 1.165) is 31.1 Å². The van der Waals surface area contributed by atoms with E-state index in [9.17, 15) is 4.79 Å². The van der Waals surface area contributed by atoms with Gasteiger partial charge in [0.05, 0.1) is 0 Å². The minimum atomic E-state index is -0.0194. The number of hydrogen-bond donors (Lipinski definition) is 1. The Morgan fingerprint density at radius 1 is 1.35 bits per heavy atom. The Kier molecular flexibility index (Phi) is 4.46. The first-order valence-corrected chi connectivity index (χ1v) is 9.41. The molecule has 7 atom stereocenters. The van der Waals surface area contributed by atoms with Crippen LogP contribution >= 0.6 is 0 Å². The zero-order chi connectivity index (χ0) is 16.8. The zero-order valence-corrected chi connectivity index (χ0v) is 15.3. The van der Waals surface area contributed by atoms with Crippen LogP contribution in [0.15, 0.2) is 23.8 Å². The molecule has 23 heavy (non-hydrogen) atoms. The molecule has 3 fully saturated rings. The van der Waals surface area contributed by atoms with Gasteiger partial charge in [-0.15, -0.1) is 0 Å². The Hall–Kier alpha value is -1.05. The average molecular weight is 316 g/mol. The lowest BCUT2D eigenvalue weighted by Crippen LogP contribution is -2.60. The van der Waals surface area contributed by atoms with Gasteiger partial charge in [-0.25, -0.2) is 0 Å². The molecule has 2 heteroatoms. The van der Waals surface area contributed by atoms with Crippen molar-refractivity contribution in [3.05, 3.63) is 23.8 Å². The van der Waals surface area contributed by atoms with E-state index in [2.05, 4.69) is 45.7 Å². The molecule has 0 saturated heterocycles. The van der Waals surface area contributed by atoms with Crippen LogP contribution in [0.5, 0.6) is 0 Å². The van der Waals surface area contributed by atoms with E-state index in [0.29, 0.717) is 23.7 Å². The maximum Gasteiger partial charge on any atom is 0.207 e. The quantitative estimate of drug-likeness (QED) is 0.592. The highest BCUT2D eigenvalue weighted by molar-refractivity contribution is 5.48. The Labute approximate surface area is 141 Å². The third kappa shape index (κ3) is 2.79. The fourth-order valence-electron chi connectivity index (χ4n) is 6.29. The number of carbonyl (C=O) groups excluding carboxylic acids is 1. The van der Waals surface area contributed by atoms with Crippen LogP contribution in [-0.4, -0.2) is 11.9 Å². The van der Waals surface area contributed by atoms with Crippen molar-refractivity contribution in [2.45, 2.75) is 65.3 Å². The van der Waals surface area contributed by atoms with Crippen molar-refractivity contribution in [3.8, 4) is 0 Å². The van der Waals surface area contributed by atoms with Gasteiger partial charge in [0.25, 0.3) is 0 Å². The molecule has 0 unspecified atom stereocenters. The third-order valence-corrected chi connectivity index (χ3v) is 7.21. The van der Waals surface area contributed by atoms with Crippen LogP contribution in [0.1, 0.15) is 59.8 Å². The fraction of sp³-hybridized carbons (Fsp3) is 0.762. The number of hydrogen-bond acceptors (Lipinski definition) is 1. The molecule has 3 aliphatic rings. The molecule has 0 radical (unpaired) electrons. The molecule has 1 amide bonds. The lowest BCUT2D eigenvalue weighted by molar-refractivity contribution is -0.115. The molecule has 1 N–H and O–H groups in total. The molecule has 3 aliphatic carbocycles. The predicted octanol–water partition coefficient (Wildman–Crippen LogP) is 4.72. The molecule has 0 aliphatic heterocycles. The normalized spacial score (nSPS) is 45.8. The molecule has 0 spiro atoms. The van der Waals surface area contributed by atoms with Crippen molar-refractivity contribution in [1.29, 1.82) is 0 Å². The average Bonchev–Trinajstić information content (AvgIpc) is 2.45. The largest absolute Gasteiger partial charge is 0.353 e. The third-order valence-electron chi connectivity index (χ3n) is 7.21. The summed E-state index contributed by atoms with van der Waals surface area (Å²) in [5.74, 6) is 4.17. The lowest BCUT2D eigenvalue weighted by Gasteiger charge is -2.60. The minimum Gasteiger partial charge on any atom is -0.353 e. The summed E-state index contributed by atoms with van der Waals surface area (Å²) in [5, 5.41) is 3.21. The van der Waals surface area contributed by atoms with Gasteiger partial charge in [0.1, 0.15) is 0 Å². The van der Waals surface area contributed by atoms with Crippen molar-refractivity contribution < 1.29 is 4.79 Å². The molecule has 128 valence electrons. The Morgan fingerprint density at radius 3 is 2.74 bits per heavy atom. The zero-order valence-electron chi connectivity index (χ0n) is 15.3. The van der Waals surface area contributed by atoms with Crippen LogP contribution in [0, 0.1) is 35.5 Å². The number of rotatable bonds is 3. The van der Waals surface area contributed by atoms with E-state index in [-0.39, 0.29) is 5.54 Å². The summed E-state index contributed by atoms with van der Waals surface area (Å²) >= 11 is 0. The predicted molar refractivity (Wildman–Crippen MR) is 95.9 cm³/mol. The first-order valence-electron chi connectivity index (χ1n) is 9.41. The molecular formula is C21H33NO. The monoisotopic (exact) mass is 315 g/mol.